The van der Waals surface area contributed by atoms with Gasteiger partial charge in [0.05, 0.1) is 22.8 Å². The number of rotatable bonds is 7. The van der Waals surface area contributed by atoms with E-state index in [1.54, 1.807) is 91.0 Å². The van der Waals surface area contributed by atoms with E-state index in [0.29, 0.717) is 5.56 Å². The Morgan fingerprint density at radius 3 is 1.74 bits per heavy atom. The molecule has 0 unspecified atom stereocenters. The van der Waals surface area contributed by atoms with Crippen molar-refractivity contribution in [2.75, 3.05) is 6.61 Å². The van der Waals surface area contributed by atoms with E-state index in [9.17, 15) is 19.6 Å². The van der Waals surface area contributed by atoms with Gasteiger partial charge in [-0.15, -0.1) is 0 Å². The van der Waals surface area contributed by atoms with Crippen molar-refractivity contribution >= 4 is 17.9 Å². The van der Waals surface area contributed by atoms with E-state index in [0.717, 1.165) is 0 Å². The first-order chi connectivity index (χ1) is 17.1. The molecule has 35 heavy (non-hydrogen) atoms. The topological polar surface area (TPSA) is 112 Å². The van der Waals surface area contributed by atoms with E-state index >= 15 is 0 Å². The molecule has 1 aliphatic heterocycles. The zero-order valence-corrected chi connectivity index (χ0v) is 18.4. The van der Waals surface area contributed by atoms with Crippen molar-refractivity contribution in [2.24, 2.45) is 0 Å². The number of benzene rings is 3. The molecule has 8 nitrogen and oxygen atoms in total. The van der Waals surface area contributed by atoms with Crippen LogP contribution >= 0.6 is 0 Å². The van der Waals surface area contributed by atoms with Crippen LogP contribution in [0.25, 0.3) is 0 Å². The van der Waals surface area contributed by atoms with Gasteiger partial charge in [-0.3, -0.25) is 0 Å². The smallest absolute Gasteiger partial charge is 0.339 e. The first kappa shape index (κ1) is 23.7. The Labute approximate surface area is 201 Å². The Kier molecular flexibility index (Phi) is 7.50. The lowest BCUT2D eigenvalue weighted by atomic mass is 10.1. The summed E-state index contributed by atoms with van der Waals surface area (Å²) in [5.74, 6) is -2.08. The van der Waals surface area contributed by atoms with Crippen molar-refractivity contribution in [1.82, 2.24) is 0 Å². The number of hydrogen-bond donors (Lipinski definition) is 0. The minimum Gasteiger partial charge on any atom is -0.459 e. The fourth-order valence-electron chi connectivity index (χ4n) is 3.42. The second kappa shape index (κ2) is 11.1. The molecule has 1 aliphatic rings. The molecule has 0 aromatic heterocycles. The third kappa shape index (κ3) is 5.72. The molecular weight excluding hydrogens is 450 g/mol. The lowest BCUT2D eigenvalue weighted by Crippen LogP contribution is -2.35. The van der Waals surface area contributed by atoms with Crippen LogP contribution in [-0.4, -0.2) is 42.8 Å². The fraction of sp³-hybridized carbons (Fsp3) is 0.148. The summed E-state index contributed by atoms with van der Waals surface area (Å²) in [4.78, 5) is 37.9. The monoisotopic (exact) mass is 470 g/mol. The minimum absolute atomic E-state index is 0.129. The first-order valence-electron chi connectivity index (χ1n) is 10.7. The Bertz CT molecular complexity index is 1210. The average Bonchev–Trinajstić information content (AvgIpc) is 3.24. The maximum Gasteiger partial charge on any atom is 0.339 e. The Morgan fingerprint density at radius 1 is 0.743 bits per heavy atom. The van der Waals surface area contributed by atoms with Gasteiger partial charge < -0.3 is 18.9 Å². The fourth-order valence-corrected chi connectivity index (χ4v) is 3.42. The summed E-state index contributed by atoms with van der Waals surface area (Å²) in [5.41, 5.74) is 0.808. The molecule has 4 rings (SSSR count). The highest BCUT2D eigenvalue weighted by Gasteiger charge is 2.52. The number of nitriles is 1. The summed E-state index contributed by atoms with van der Waals surface area (Å²) in [6.07, 6.45) is -3.84. The standard InChI is InChI=1S/C27H20NO7/c28-16-21-23(34-26(30)19-12-6-2-7-13-19)24(35-27(31)20-14-8-3-9-15-20)22(33-21)17-32-25(29)18-10-4-1-5-11-18/h1-15,21-23H,17H2/t21-,22+,23-/m0/s1. The first-order valence-corrected chi connectivity index (χ1v) is 10.7. The molecular formula is C27H20NO7. The van der Waals surface area contributed by atoms with Gasteiger partial charge in [0.25, 0.3) is 0 Å². The molecule has 1 fully saturated rings. The van der Waals surface area contributed by atoms with Gasteiger partial charge in [0.15, 0.2) is 12.2 Å². The summed E-state index contributed by atoms with van der Waals surface area (Å²) in [6.45, 7) is -0.358. The number of carbonyl (C=O) groups excluding carboxylic acids is 3. The van der Waals surface area contributed by atoms with Crippen LogP contribution in [0.5, 0.6) is 0 Å². The molecule has 0 amide bonds. The molecule has 1 saturated heterocycles. The summed E-state index contributed by atoms with van der Waals surface area (Å²) in [5, 5.41) is 9.63. The number of esters is 3. The molecule has 0 saturated carbocycles. The Balaban J connectivity index is 1.55. The molecule has 3 aromatic carbocycles. The van der Waals surface area contributed by atoms with E-state index in [1.165, 1.54) is 0 Å². The zero-order valence-electron chi connectivity index (χ0n) is 18.4. The van der Waals surface area contributed by atoms with Gasteiger partial charge in [0, 0.05) is 0 Å². The van der Waals surface area contributed by atoms with Crippen molar-refractivity contribution < 1.29 is 33.3 Å². The second-order valence-electron chi connectivity index (χ2n) is 7.49. The van der Waals surface area contributed by atoms with E-state index < -0.39 is 36.2 Å². The number of carbonyl (C=O) groups is 3. The maximum atomic E-state index is 12.8. The molecule has 3 atom stereocenters. The molecule has 175 valence electrons. The molecule has 3 aromatic rings. The van der Waals surface area contributed by atoms with Gasteiger partial charge >= 0.3 is 17.9 Å². The Morgan fingerprint density at radius 2 is 1.23 bits per heavy atom. The number of hydrogen-bond acceptors (Lipinski definition) is 8. The Hall–Kier alpha value is -4.48. The predicted molar refractivity (Wildman–Crippen MR) is 122 cm³/mol. The van der Waals surface area contributed by atoms with Crippen molar-refractivity contribution in [2.45, 2.75) is 18.3 Å². The van der Waals surface area contributed by atoms with Crippen LogP contribution in [0.1, 0.15) is 31.1 Å². The van der Waals surface area contributed by atoms with Gasteiger partial charge in [-0.05, 0) is 36.4 Å². The quantitative estimate of drug-likeness (QED) is 0.379. The van der Waals surface area contributed by atoms with Crippen LogP contribution < -0.4 is 0 Å². The largest absolute Gasteiger partial charge is 0.459 e. The normalized spacial score (nSPS) is 19.3. The van der Waals surface area contributed by atoms with Gasteiger partial charge in [0.1, 0.15) is 12.7 Å². The lowest BCUT2D eigenvalue weighted by molar-refractivity contribution is -0.0107. The second-order valence-corrected chi connectivity index (χ2v) is 7.49. The van der Waals surface area contributed by atoms with Crippen LogP contribution in [0.3, 0.4) is 0 Å². The SMILES string of the molecule is N#C[C@@H]1O[C@H](COC(=O)c2ccccc2)[C](OC(=O)c2ccccc2)[C@H]1OC(=O)c1ccccc1. The molecule has 1 heterocycles. The zero-order chi connectivity index (χ0) is 24.6. The van der Waals surface area contributed by atoms with Crippen LogP contribution in [0.15, 0.2) is 91.0 Å². The summed E-state index contributed by atoms with van der Waals surface area (Å²) in [7, 11) is 0. The summed E-state index contributed by atoms with van der Waals surface area (Å²) in [6, 6.07) is 26.5. The van der Waals surface area contributed by atoms with Gasteiger partial charge in [-0.25, -0.2) is 14.4 Å². The average molecular weight is 470 g/mol. The maximum absolute atomic E-state index is 12.8. The summed E-state index contributed by atoms with van der Waals surface area (Å²) < 4.78 is 22.1. The van der Waals surface area contributed by atoms with Gasteiger partial charge in [-0.2, -0.15) is 5.26 Å². The van der Waals surface area contributed by atoms with Gasteiger partial charge in [0.2, 0.25) is 6.10 Å². The highest BCUT2D eigenvalue weighted by Crippen LogP contribution is 2.34. The van der Waals surface area contributed by atoms with Crippen LogP contribution in [0.4, 0.5) is 0 Å². The third-order valence-corrected chi connectivity index (χ3v) is 5.15. The van der Waals surface area contributed by atoms with E-state index in [1.807, 2.05) is 6.07 Å². The van der Waals surface area contributed by atoms with Crippen molar-refractivity contribution in [3.8, 4) is 6.07 Å². The van der Waals surface area contributed by atoms with Crippen molar-refractivity contribution in [3.05, 3.63) is 114 Å². The molecule has 0 N–H and O–H groups in total. The lowest BCUT2D eigenvalue weighted by Gasteiger charge is -2.22. The number of nitrogens with zero attached hydrogens (tertiary/aromatic N) is 1. The molecule has 0 aliphatic carbocycles. The highest BCUT2D eigenvalue weighted by atomic mass is 16.6. The molecule has 8 heteroatoms. The third-order valence-electron chi connectivity index (χ3n) is 5.15. The van der Waals surface area contributed by atoms with E-state index in [2.05, 4.69) is 0 Å². The van der Waals surface area contributed by atoms with E-state index in [4.69, 9.17) is 18.9 Å². The van der Waals surface area contributed by atoms with Crippen LogP contribution in [0, 0.1) is 17.4 Å². The van der Waals surface area contributed by atoms with Crippen LogP contribution in [0.2, 0.25) is 0 Å². The van der Waals surface area contributed by atoms with Crippen molar-refractivity contribution in [1.29, 1.82) is 5.26 Å². The van der Waals surface area contributed by atoms with Gasteiger partial charge in [-0.1, -0.05) is 54.6 Å². The number of ether oxygens (including phenoxy) is 4. The predicted octanol–water partition coefficient (Wildman–Crippen LogP) is 3.75. The van der Waals surface area contributed by atoms with Crippen molar-refractivity contribution in [3.63, 3.8) is 0 Å². The highest BCUT2D eigenvalue weighted by molar-refractivity contribution is 5.91. The summed E-state index contributed by atoms with van der Waals surface area (Å²) >= 11 is 0. The van der Waals surface area contributed by atoms with Crippen LogP contribution in [-0.2, 0) is 18.9 Å². The minimum atomic E-state index is -1.32. The molecule has 0 bridgehead atoms. The molecule has 0 spiro atoms. The van der Waals surface area contributed by atoms with E-state index in [-0.39, 0.29) is 23.8 Å². The molecule has 1 radical (unpaired) electrons.